The molecule has 105 heavy (non-hydrogen) atoms. The molecule has 15 rings (SSSR count). The van der Waals surface area contributed by atoms with Crippen molar-refractivity contribution >= 4 is 96.4 Å². The molecule has 0 amide bonds. The zero-order valence-electron chi connectivity index (χ0n) is 57.1. The van der Waals surface area contributed by atoms with Crippen molar-refractivity contribution < 1.29 is 18.0 Å². The van der Waals surface area contributed by atoms with E-state index in [1.807, 2.05) is 108 Å². The molecule has 0 spiro atoms. The first-order valence-corrected chi connectivity index (χ1v) is 42.1. The maximum absolute atomic E-state index is 13.3. The van der Waals surface area contributed by atoms with Crippen molar-refractivity contribution in [3.05, 3.63) is 424 Å². The molecule has 0 N–H and O–H groups in total. The van der Waals surface area contributed by atoms with Crippen LogP contribution in [0.3, 0.4) is 0 Å². The zero-order chi connectivity index (χ0) is 72.0. The second kappa shape index (κ2) is 37.0. The zero-order valence-corrected chi connectivity index (χ0v) is 63.6. The SMILES string of the molecule is CC(=O)c1ccc(Sc2ccc([S+](c3ccccc3)c3ccccc3)cc2)cc1.FC(F)(F)c1ccccc1Sc1ccc([S+](c2ccccc2)c2ccccc2)cc1.c1ccc([S+](c2ccccc2)c2ccc(Sc3ccc(Sc4ccc([S+](c5ccccc5)c5ccccc5)cc4)cc3)cc2)cc1. The highest BCUT2D eigenvalue weighted by Crippen LogP contribution is 2.43. The third-order valence-corrected chi connectivity index (χ3v) is 29.3. The predicted molar refractivity (Wildman–Crippen MR) is 437 cm³/mol. The van der Waals surface area contributed by atoms with Crippen LogP contribution in [0, 0.1) is 0 Å². The number of carbonyl (C=O) groups is 1. The number of Topliss-reactive ketones (excluding diaryl/α,β-unsaturated/α-hetero) is 1. The summed E-state index contributed by atoms with van der Waals surface area (Å²) in [6.07, 6.45) is -4.36. The molecule has 1 nitrogen and oxygen atoms in total. The summed E-state index contributed by atoms with van der Waals surface area (Å²) in [4.78, 5) is 35.2. The second-order valence-corrected chi connectivity index (χ2v) is 36.2. The largest absolute Gasteiger partial charge is 0.417 e. The monoisotopic (exact) mass is 1520 g/mol. The number of halogens is 3. The average Bonchev–Trinajstić information content (AvgIpc) is 0.839. The third-order valence-electron chi connectivity index (χ3n) is 16.3. The van der Waals surface area contributed by atoms with Gasteiger partial charge in [0.15, 0.2) is 64.5 Å². The molecule has 514 valence electrons. The van der Waals surface area contributed by atoms with Gasteiger partial charge in [0.05, 0.1) is 49.1 Å². The van der Waals surface area contributed by atoms with Crippen LogP contribution in [-0.4, -0.2) is 5.78 Å². The van der Waals surface area contributed by atoms with Crippen molar-refractivity contribution in [2.75, 3.05) is 0 Å². The second-order valence-electron chi connectivity index (χ2n) is 23.6. The first-order chi connectivity index (χ1) is 51.5. The first-order valence-electron chi connectivity index (χ1n) is 33.9. The van der Waals surface area contributed by atoms with E-state index >= 15 is 0 Å². The standard InChI is InChI=1S/C42H32S4.C26H21OS2.C25H18F3S2/c1-5-13-37(14-6-1)45(38-15-7-2-8-16-38)41-29-25-35(26-30-41)43-33-21-23-34(24-22-33)44-36-27-31-42(32-28-36)46(39-17-9-3-10-18-39)40-19-11-4-12-20-40;1-20(27)21-12-14-22(15-13-21)28-23-16-18-26(19-17-23)29(24-8-4-2-5-9-24)25-10-6-3-7-11-25;26-25(27,28)23-13-7-8-14-24(23)29-19-15-17-22(18-16-19)30(20-9-3-1-4-10-20)21-11-5-2-6-12-21/h1-32H;2-19H,1H3;1-18H/q+2;2*+1. The summed E-state index contributed by atoms with van der Waals surface area (Å²) in [6, 6.07) is 142. The Morgan fingerprint density at radius 1 is 0.219 bits per heavy atom. The van der Waals surface area contributed by atoms with Crippen LogP contribution >= 0.6 is 47.0 Å². The molecule has 0 aliphatic rings. The van der Waals surface area contributed by atoms with E-state index in [0.717, 1.165) is 38.1 Å². The Bertz CT molecular complexity index is 4830. The van der Waals surface area contributed by atoms with Gasteiger partial charge in [-0.3, -0.25) is 4.79 Å². The smallest absolute Gasteiger partial charge is 0.295 e. The highest BCUT2D eigenvalue weighted by atomic mass is 32.2. The highest BCUT2D eigenvalue weighted by Gasteiger charge is 2.35. The van der Waals surface area contributed by atoms with Crippen LogP contribution in [-0.2, 0) is 49.8 Å². The number of carbonyl (C=O) groups excluding carboxylic acids is 1. The highest BCUT2D eigenvalue weighted by molar-refractivity contribution is 8.00. The minimum absolute atomic E-state index is 0.0970. The molecule has 0 saturated heterocycles. The van der Waals surface area contributed by atoms with E-state index in [2.05, 4.69) is 303 Å². The minimum atomic E-state index is -4.36. The Morgan fingerprint density at radius 2 is 0.390 bits per heavy atom. The molecule has 15 aromatic rings. The number of ketones is 1. The molecule has 0 atom stereocenters. The fourth-order valence-electron chi connectivity index (χ4n) is 11.3. The molecule has 12 heteroatoms. The van der Waals surface area contributed by atoms with E-state index in [-0.39, 0.29) is 54.3 Å². The first kappa shape index (κ1) is 73.9. The maximum atomic E-state index is 13.3. The molecule has 0 radical (unpaired) electrons. The summed E-state index contributed by atoms with van der Waals surface area (Å²) >= 11 is 6.47. The van der Waals surface area contributed by atoms with Gasteiger partial charge < -0.3 is 0 Å². The van der Waals surface area contributed by atoms with Crippen LogP contribution < -0.4 is 0 Å². The van der Waals surface area contributed by atoms with Crippen molar-refractivity contribution in [2.45, 2.75) is 111 Å². The molecular weight excluding hydrogens is 1450 g/mol. The van der Waals surface area contributed by atoms with Crippen molar-refractivity contribution in [3.63, 3.8) is 0 Å². The molecule has 0 fully saturated rings. The van der Waals surface area contributed by atoms with E-state index in [0.29, 0.717) is 0 Å². The van der Waals surface area contributed by atoms with Crippen LogP contribution in [0.2, 0.25) is 0 Å². The number of hydrogen-bond donors (Lipinski definition) is 0. The number of alkyl halides is 3. The lowest BCUT2D eigenvalue weighted by atomic mass is 10.2. The van der Waals surface area contributed by atoms with Crippen LogP contribution in [0.15, 0.2) is 510 Å². The third kappa shape index (κ3) is 20.3. The lowest BCUT2D eigenvalue weighted by Gasteiger charge is -2.12. The topological polar surface area (TPSA) is 17.1 Å². The molecule has 0 heterocycles. The van der Waals surface area contributed by atoms with Crippen LogP contribution in [0.5, 0.6) is 0 Å². The van der Waals surface area contributed by atoms with Gasteiger partial charge in [-0.15, -0.1) is 0 Å². The van der Waals surface area contributed by atoms with Gasteiger partial charge in [-0.05, 0) is 250 Å². The Morgan fingerprint density at radius 3 is 0.600 bits per heavy atom. The van der Waals surface area contributed by atoms with Crippen molar-refractivity contribution in [1.29, 1.82) is 0 Å². The van der Waals surface area contributed by atoms with Gasteiger partial charge in [0.2, 0.25) is 0 Å². The van der Waals surface area contributed by atoms with Crippen LogP contribution in [0.1, 0.15) is 22.8 Å². The minimum Gasteiger partial charge on any atom is -0.295 e. The normalized spacial score (nSPS) is 11.2. The van der Waals surface area contributed by atoms with E-state index in [4.69, 9.17) is 0 Å². The summed E-state index contributed by atoms with van der Waals surface area (Å²) in [5.41, 5.74) is 0.145. The van der Waals surface area contributed by atoms with Crippen molar-refractivity contribution in [3.8, 4) is 0 Å². The molecule has 0 aliphatic carbocycles. The van der Waals surface area contributed by atoms with Gasteiger partial charge >= 0.3 is 6.18 Å². The van der Waals surface area contributed by atoms with Crippen LogP contribution in [0.4, 0.5) is 13.2 Å². The quantitative estimate of drug-likeness (QED) is 0.0525. The summed E-state index contributed by atoms with van der Waals surface area (Å²) in [5, 5.41) is 0. The summed E-state index contributed by atoms with van der Waals surface area (Å²) in [5.74, 6) is 0.0970. The average molecular weight is 1520 g/mol. The molecule has 15 aromatic carbocycles. The van der Waals surface area contributed by atoms with E-state index in [1.54, 1.807) is 24.8 Å². The number of hydrogen-bond acceptors (Lipinski definition) is 5. The Hall–Kier alpha value is -9.44. The van der Waals surface area contributed by atoms with E-state index in [1.165, 1.54) is 90.5 Å². The summed E-state index contributed by atoms with van der Waals surface area (Å²) < 4.78 is 39.9. The van der Waals surface area contributed by atoms with Crippen LogP contribution in [0.25, 0.3) is 0 Å². The maximum Gasteiger partial charge on any atom is 0.417 e. The van der Waals surface area contributed by atoms with E-state index < -0.39 is 11.7 Å². The van der Waals surface area contributed by atoms with Gasteiger partial charge in [-0.2, -0.15) is 13.2 Å². The number of benzene rings is 15. The van der Waals surface area contributed by atoms with Gasteiger partial charge in [0, 0.05) is 44.7 Å². The Labute approximate surface area is 643 Å². The molecule has 0 aromatic heterocycles. The molecule has 0 aliphatic heterocycles. The lowest BCUT2D eigenvalue weighted by molar-refractivity contribution is -0.139. The molecule has 0 saturated carbocycles. The van der Waals surface area contributed by atoms with Gasteiger partial charge in [-0.25, -0.2) is 0 Å². The van der Waals surface area contributed by atoms with Gasteiger partial charge in [-0.1, -0.05) is 217 Å². The van der Waals surface area contributed by atoms with Crippen molar-refractivity contribution in [1.82, 2.24) is 0 Å². The molecule has 0 bridgehead atoms. The van der Waals surface area contributed by atoms with Gasteiger partial charge in [0.1, 0.15) is 0 Å². The van der Waals surface area contributed by atoms with E-state index in [9.17, 15) is 18.0 Å². The Kier molecular flexibility index (Phi) is 26.0. The summed E-state index contributed by atoms with van der Waals surface area (Å²) in [6.45, 7) is 1.59. The fourth-order valence-corrected chi connectivity index (χ4v) is 23.1. The predicted octanol–water partition coefficient (Wildman–Crippen LogP) is 27.3. The molecular formula is C93H71F3OS8+4. The fraction of sp³-hybridized carbons (Fsp3) is 0.0215. The lowest BCUT2D eigenvalue weighted by Crippen LogP contribution is -2.06. The van der Waals surface area contributed by atoms with Crippen molar-refractivity contribution in [2.24, 2.45) is 0 Å². The summed E-state index contributed by atoms with van der Waals surface area (Å²) in [7, 11) is -0.657. The molecule has 0 unspecified atom stereocenters. The Balaban J connectivity index is 0.000000146. The number of rotatable bonds is 21. The van der Waals surface area contributed by atoms with Gasteiger partial charge in [0.25, 0.3) is 0 Å².